The summed E-state index contributed by atoms with van der Waals surface area (Å²) in [5.74, 6) is 2.60. The fourth-order valence-corrected chi connectivity index (χ4v) is 10.4. The lowest BCUT2D eigenvalue weighted by Crippen LogP contribution is -2.27. The topological polar surface area (TPSA) is 133 Å². The highest BCUT2D eigenvalue weighted by Gasteiger charge is 2.57. The number of nitrogens with zero attached hydrogens (tertiary/aromatic N) is 1. The number of nitro groups is 1. The minimum Gasteiger partial charge on any atom is -0.497 e. The van der Waals surface area contributed by atoms with Gasteiger partial charge in [0.15, 0.2) is 0 Å². The Kier molecular flexibility index (Phi) is 13.0. The van der Waals surface area contributed by atoms with Gasteiger partial charge in [0.2, 0.25) is 5.75 Å². The molecule has 11 nitrogen and oxygen atoms in total. The van der Waals surface area contributed by atoms with Crippen LogP contribution in [0.25, 0.3) is 0 Å². The first-order chi connectivity index (χ1) is 30.4. The fourth-order valence-electron chi connectivity index (χ4n) is 10.4. The molecule has 2 aliphatic carbocycles. The van der Waals surface area contributed by atoms with Gasteiger partial charge in [0.25, 0.3) is 0 Å². The third-order valence-electron chi connectivity index (χ3n) is 13.6. The van der Waals surface area contributed by atoms with Crippen LogP contribution in [0.3, 0.4) is 0 Å². The molecule has 0 amide bonds. The van der Waals surface area contributed by atoms with Gasteiger partial charge in [-0.05, 0) is 93.8 Å². The largest absolute Gasteiger partial charge is 0.497 e. The summed E-state index contributed by atoms with van der Waals surface area (Å²) in [6.45, 7) is 22.2. The van der Waals surface area contributed by atoms with Crippen LogP contribution in [-0.4, -0.2) is 45.3 Å². The third-order valence-corrected chi connectivity index (χ3v) is 13.6. The number of hydrogen-bond acceptors (Lipinski definition) is 10. The molecule has 0 radical (unpaired) electrons. The Labute approximate surface area is 383 Å². The van der Waals surface area contributed by atoms with Crippen molar-refractivity contribution in [1.82, 2.24) is 0 Å². The molecule has 11 heteroatoms. The number of ether oxygens (including phenoxy) is 6. The summed E-state index contributed by atoms with van der Waals surface area (Å²) in [6.07, 6.45) is 1.69. The summed E-state index contributed by atoms with van der Waals surface area (Å²) >= 11 is 0. The first-order valence-electron chi connectivity index (χ1n) is 21.8. The summed E-state index contributed by atoms with van der Waals surface area (Å²) in [4.78, 5) is 34.3. The lowest BCUT2D eigenvalue weighted by atomic mass is 9.72. The first-order valence-corrected chi connectivity index (χ1v) is 21.8. The van der Waals surface area contributed by atoms with Gasteiger partial charge in [-0.3, -0.25) is 19.7 Å². The predicted octanol–water partition coefficient (Wildman–Crippen LogP) is 11.8. The van der Waals surface area contributed by atoms with Gasteiger partial charge in [-0.1, -0.05) is 97.9 Å². The number of carbonyl (C=O) groups is 2. The van der Waals surface area contributed by atoms with Crippen molar-refractivity contribution >= 4 is 17.6 Å². The Balaban J connectivity index is 0.000000216. The van der Waals surface area contributed by atoms with Crippen LogP contribution in [0.1, 0.15) is 132 Å². The Morgan fingerprint density at radius 2 is 1.03 bits per heavy atom. The number of aryl methyl sites for hydroxylation is 1. The number of benzene rings is 5. The van der Waals surface area contributed by atoms with E-state index >= 15 is 0 Å². The van der Waals surface area contributed by atoms with E-state index in [1.807, 2.05) is 18.2 Å². The van der Waals surface area contributed by atoms with E-state index in [0.29, 0.717) is 11.5 Å². The van der Waals surface area contributed by atoms with E-state index in [2.05, 4.69) is 105 Å². The van der Waals surface area contributed by atoms with Crippen LogP contribution in [0.15, 0.2) is 84.9 Å². The summed E-state index contributed by atoms with van der Waals surface area (Å²) in [7, 11) is 6.63. The van der Waals surface area contributed by atoms with Gasteiger partial charge in [0, 0.05) is 59.4 Å². The molecular formula is C54H63NO10. The average Bonchev–Trinajstić information content (AvgIpc) is 3.60. The first kappa shape index (κ1) is 48.1. The third kappa shape index (κ3) is 8.89. The molecule has 0 aromatic heterocycles. The van der Waals surface area contributed by atoms with Gasteiger partial charge in [0.1, 0.15) is 28.7 Å². The molecule has 65 heavy (non-hydrogen) atoms. The van der Waals surface area contributed by atoms with Crippen molar-refractivity contribution in [3.05, 3.63) is 145 Å². The number of hydrogen-bond donors (Lipinski definition) is 0. The van der Waals surface area contributed by atoms with E-state index in [4.69, 9.17) is 28.4 Å². The highest BCUT2D eigenvalue weighted by atomic mass is 16.6. The molecule has 0 fully saturated rings. The van der Waals surface area contributed by atoms with Crippen molar-refractivity contribution in [1.29, 1.82) is 0 Å². The Bertz CT molecular complexity index is 2670. The van der Waals surface area contributed by atoms with E-state index in [1.54, 1.807) is 52.7 Å². The van der Waals surface area contributed by atoms with Gasteiger partial charge in [0.05, 0.1) is 33.4 Å². The van der Waals surface area contributed by atoms with Crippen LogP contribution in [-0.2, 0) is 36.7 Å². The molecule has 7 rings (SSSR count). The Morgan fingerprint density at radius 3 is 1.49 bits per heavy atom. The van der Waals surface area contributed by atoms with E-state index in [9.17, 15) is 19.7 Å². The van der Waals surface area contributed by atoms with Crippen LogP contribution in [0.4, 0.5) is 5.69 Å². The summed E-state index contributed by atoms with van der Waals surface area (Å²) in [5.41, 5.74) is 8.39. The Hall–Kier alpha value is -6.36. The summed E-state index contributed by atoms with van der Waals surface area (Å²) in [6, 6.07) is 27.8. The number of fused-ring (bicyclic) bond motifs is 4. The van der Waals surface area contributed by atoms with Crippen LogP contribution in [0, 0.1) is 17.0 Å². The van der Waals surface area contributed by atoms with Crippen molar-refractivity contribution < 1.29 is 42.9 Å². The second kappa shape index (κ2) is 17.6. The molecule has 0 N–H and O–H groups in total. The molecule has 0 bridgehead atoms. The van der Waals surface area contributed by atoms with E-state index < -0.39 is 10.9 Å². The van der Waals surface area contributed by atoms with Gasteiger partial charge in [-0.25, -0.2) is 0 Å². The molecule has 2 aliphatic rings. The van der Waals surface area contributed by atoms with Crippen molar-refractivity contribution in [2.45, 2.75) is 116 Å². The van der Waals surface area contributed by atoms with Gasteiger partial charge in [-0.2, -0.15) is 0 Å². The van der Waals surface area contributed by atoms with E-state index in [1.165, 1.54) is 25.0 Å². The minimum absolute atomic E-state index is 0.0126. The Morgan fingerprint density at radius 1 is 0.569 bits per heavy atom. The van der Waals surface area contributed by atoms with Crippen molar-refractivity contribution in [3.8, 4) is 34.5 Å². The number of methoxy groups -OCH3 is 4. The molecule has 5 aromatic rings. The highest BCUT2D eigenvalue weighted by molar-refractivity contribution is 5.73. The zero-order valence-electron chi connectivity index (χ0n) is 40.5. The number of carbonyl (C=O) groups excluding carboxylic acids is 2. The maximum absolute atomic E-state index is 11.7. The zero-order chi connectivity index (χ0) is 48.0. The number of rotatable bonds is 11. The average molecular weight is 886 g/mol. The van der Waals surface area contributed by atoms with Crippen molar-refractivity contribution in [3.63, 3.8) is 0 Å². The zero-order valence-corrected chi connectivity index (χ0v) is 40.5. The van der Waals surface area contributed by atoms with Crippen LogP contribution >= 0.6 is 0 Å². The molecule has 5 aromatic carbocycles. The molecule has 344 valence electrons. The van der Waals surface area contributed by atoms with E-state index in [0.717, 1.165) is 69.0 Å². The van der Waals surface area contributed by atoms with E-state index in [-0.39, 0.29) is 44.5 Å². The van der Waals surface area contributed by atoms with Crippen LogP contribution in [0.5, 0.6) is 34.5 Å². The highest BCUT2D eigenvalue weighted by Crippen LogP contribution is 2.64. The van der Waals surface area contributed by atoms with Gasteiger partial charge < -0.3 is 28.4 Å². The molecule has 1 unspecified atom stereocenters. The monoisotopic (exact) mass is 885 g/mol. The maximum Gasteiger partial charge on any atom is 0.312 e. The van der Waals surface area contributed by atoms with Gasteiger partial charge >= 0.3 is 17.6 Å². The summed E-state index contributed by atoms with van der Waals surface area (Å²) < 4.78 is 32.9. The normalized spacial score (nSPS) is 16.7. The minimum atomic E-state index is -0.571. The van der Waals surface area contributed by atoms with Crippen LogP contribution < -0.4 is 28.4 Å². The summed E-state index contributed by atoms with van der Waals surface area (Å²) in [5, 5.41) is 11.7. The van der Waals surface area contributed by atoms with Crippen LogP contribution in [0.2, 0.25) is 0 Å². The lowest BCUT2D eigenvalue weighted by molar-refractivity contribution is -0.385. The fraction of sp³-hybridized carbons (Fsp3) is 0.407. The number of esters is 2. The predicted molar refractivity (Wildman–Crippen MR) is 253 cm³/mol. The lowest BCUT2D eigenvalue weighted by Gasteiger charge is -2.32. The van der Waals surface area contributed by atoms with Crippen molar-refractivity contribution in [2.75, 3.05) is 28.4 Å². The standard InChI is InChI=1S/C29H34O5.C25H29NO5/c1-19(30)34-23-13-15-25(27(18-23)33-8)29(4,5)21-11-9-10-20(16-21)28(2,3)24-14-12-22(31-6)17-26(24)32-7;1-14-8-16-18(10-21(14)30-7)25(12-23(16,3)4)13-24(5,6)17-9-20(26(28)29)22(11-19(17)25)31-15(2)27/h9-18H,1-8H3;8-11H,12-13H2,1-7H3. The number of nitro benzene ring substituents is 1. The molecule has 0 heterocycles. The molecular weight excluding hydrogens is 823 g/mol. The molecule has 1 spiro atoms. The molecule has 0 saturated heterocycles. The molecule has 0 saturated carbocycles. The second-order valence-electron chi connectivity index (χ2n) is 19.6. The molecule has 0 aliphatic heterocycles. The smallest absolute Gasteiger partial charge is 0.312 e. The maximum atomic E-state index is 11.7. The molecule has 1 atom stereocenters. The van der Waals surface area contributed by atoms with Gasteiger partial charge in [-0.15, -0.1) is 0 Å². The second-order valence-corrected chi connectivity index (χ2v) is 19.6. The SMILES string of the molecule is COc1cc2c(cc1C)C(C)(C)CC21CC(C)(C)c2cc([N+](=O)[O-])c(OC(C)=O)cc21.COc1ccc(C(C)(C)c2cccc(C(C)(C)c3ccc(OC(C)=O)cc3OC)c2)c(OC)c1. The quantitative estimate of drug-likeness (QED) is 0.0546. The van der Waals surface area contributed by atoms with Crippen molar-refractivity contribution in [2.24, 2.45) is 0 Å².